The second-order valence-corrected chi connectivity index (χ2v) is 4.48. The van der Waals surface area contributed by atoms with Gasteiger partial charge in [-0.15, -0.1) is 0 Å². The van der Waals surface area contributed by atoms with E-state index in [4.69, 9.17) is 5.73 Å². The normalized spacial score (nSPS) is 11.9. The molecule has 0 saturated carbocycles. The van der Waals surface area contributed by atoms with E-state index in [0.717, 1.165) is 24.3 Å². The number of amides is 1. The standard InChI is InChI=1S/C14H23N3O/c1-4-11(3)16-14(18)10-17(5-2)13-8-6-12(15)7-9-13/h6-9,11H,4-5,10,15H2,1-3H3,(H,16,18). The molecule has 1 atom stereocenters. The molecule has 100 valence electrons. The Hall–Kier alpha value is -1.71. The fraction of sp³-hybridized carbons (Fsp3) is 0.500. The van der Waals surface area contributed by atoms with Gasteiger partial charge in [0.2, 0.25) is 5.91 Å². The highest BCUT2D eigenvalue weighted by molar-refractivity contribution is 5.81. The highest BCUT2D eigenvalue weighted by atomic mass is 16.2. The number of nitrogens with zero attached hydrogens (tertiary/aromatic N) is 1. The van der Waals surface area contributed by atoms with Crippen molar-refractivity contribution in [2.24, 2.45) is 0 Å². The van der Waals surface area contributed by atoms with Gasteiger partial charge in [-0.2, -0.15) is 0 Å². The van der Waals surface area contributed by atoms with Crippen molar-refractivity contribution in [3.8, 4) is 0 Å². The lowest BCUT2D eigenvalue weighted by Gasteiger charge is -2.23. The van der Waals surface area contributed by atoms with Gasteiger partial charge in [0, 0.05) is 24.0 Å². The topological polar surface area (TPSA) is 58.4 Å². The number of likely N-dealkylation sites (N-methyl/N-ethyl adjacent to an activating group) is 1. The van der Waals surface area contributed by atoms with Crippen LogP contribution in [0.1, 0.15) is 27.2 Å². The Bertz CT molecular complexity index is 375. The first-order chi connectivity index (χ1) is 8.56. The molecule has 0 aliphatic rings. The quantitative estimate of drug-likeness (QED) is 0.758. The van der Waals surface area contributed by atoms with Crippen LogP contribution in [0.4, 0.5) is 11.4 Å². The first-order valence-corrected chi connectivity index (χ1v) is 6.46. The Morgan fingerprint density at radius 3 is 2.44 bits per heavy atom. The number of anilines is 2. The first kappa shape index (κ1) is 14.4. The van der Waals surface area contributed by atoms with Gasteiger partial charge in [0.25, 0.3) is 0 Å². The van der Waals surface area contributed by atoms with Crippen molar-refractivity contribution in [3.05, 3.63) is 24.3 Å². The first-order valence-electron chi connectivity index (χ1n) is 6.46. The number of carbonyl (C=O) groups is 1. The number of nitrogens with one attached hydrogen (secondary N) is 1. The van der Waals surface area contributed by atoms with E-state index in [2.05, 4.69) is 12.2 Å². The lowest BCUT2D eigenvalue weighted by Crippen LogP contribution is -2.40. The summed E-state index contributed by atoms with van der Waals surface area (Å²) in [7, 11) is 0. The zero-order chi connectivity index (χ0) is 13.5. The SMILES string of the molecule is CCC(C)NC(=O)CN(CC)c1ccc(N)cc1. The molecule has 1 aromatic rings. The molecule has 0 bridgehead atoms. The van der Waals surface area contributed by atoms with Crippen molar-refractivity contribution >= 4 is 17.3 Å². The third kappa shape index (κ3) is 4.28. The van der Waals surface area contributed by atoms with E-state index in [1.807, 2.05) is 43.0 Å². The summed E-state index contributed by atoms with van der Waals surface area (Å²) in [4.78, 5) is 13.9. The number of nitrogens with two attached hydrogens (primary N) is 1. The van der Waals surface area contributed by atoms with Gasteiger partial charge in [-0.25, -0.2) is 0 Å². The third-order valence-electron chi connectivity index (χ3n) is 2.99. The maximum atomic E-state index is 11.8. The summed E-state index contributed by atoms with van der Waals surface area (Å²) in [5, 5.41) is 2.97. The molecule has 3 N–H and O–H groups in total. The molecule has 0 radical (unpaired) electrons. The molecule has 4 nitrogen and oxygen atoms in total. The lowest BCUT2D eigenvalue weighted by molar-refractivity contribution is -0.120. The van der Waals surface area contributed by atoms with Crippen molar-refractivity contribution in [3.63, 3.8) is 0 Å². The minimum Gasteiger partial charge on any atom is -0.399 e. The van der Waals surface area contributed by atoms with Crippen LogP contribution in [0, 0.1) is 0 Å². The maximum Gasteiger partial charge on any atom is 0.239 e. The number of hydrogen-bond donors (Lipinski definition) is 2. The lowest BCUT2D eigenvalue weighted by atomic mass is 10.2. The zero-order valence-electron chi connectivity index (χ0n) is 11.4. The Morgan fingerprint density at radius 2 is 1.94 bits per heavy atom. The van der Waals surface area contributed by atoms with E-state index >= 15 is 0 Å². The zero-order valence-corrected chi connectivity index (χ0v) is 11.4. The molecule has 0 aliphatic carbocycles. The summed E-state index contributed by atoms with van der Waals surface area (Å²) in [6.07, 6.45) is 0.944. The molecule has 0 fully saturated rings. The summed E-state index contributed by atoms with van der Waals surface area (Å²) >= 11 is 0. The number of carbonyl (C=O) groups excluding carboxylic acids is 1. The summed E-state index contributed by atoms with van der Waals surface area (Å²) < 4.78 is 0. The van der Waals surface area contributed by atoms with Crippen LogP contribution < -0.4 is 16.0 Å². The number of hydrogen-bond acceptors (Lipinski definition) is 3. The Morgan fingerprint density at radius 1 is 1.33 bits per heavy atom. The fourth-order valence-corrected chi connectivity index (χ4v) is 1.67. The molecule has 18 heavy (non-hydrogen) atoms. The van der Waals surface area contributed by atoms with Gasteiger partial charge in [-0.05, 0) is 44.5 Å². The summed E-state index contributed by atoms with van der Waals surface area (Å²) in [5.74, 6) is 0.0584. The third-order valence-corrected chi connectivity index (χ3v) is 2.99. The molecule has 0 aliphatic heterocycles. The maximum absolute atomic E-state index is 11.8. The van der Waals surface area contributed by atoms with Crippen LogP contribution in [0.15, 0.2) is 24.3 Å². The fourth-order valence-electron chi connectivity index (χ4n) is 1.67. The minimum absolute atomic E-state index is 0.0584. The van der Waals surface area contributed by atoms with Gasteiger partial charge < -0.3 is 16.0 Å². The Kier molecular flexibility index (Phi) is 5.49. The Balaban J connectivity index is 2.61. The smallest absolute Gasteiger partial charge is 0.239 e. The number of benzene rings is 1. The van der Waals surface area contributed by atoms with E-state index in [1.165, 1.54) is 0 Å². The highest BCUT2D eigenvalue weighted by Crippen LogP contribution is 2.15. The van der Waals surface area contributed by atoms with Crippen LogP contribution in [-0.2, 0) is 4.79 Å². The molecule has 1 aromatic carbocycles. The van der Waals surface area contributed by atoms with Crippen LogP contribution >= 0.6 is 0 Å². The number of rotatable bonds is 6. The molecule has 0 spiro atoms. The van der Waals surface area contributed by atoms with Crippen LogP contribution in [0.2, 0.25) is 0 Å². The van der Waals surface area contributed by atoms with Crippen LogP contribution in [0.25, 0.3) is 0 Å². The van der Waals surface area contributed by atoms with E-state index in [0.29, 0.717) is 6.54 Å². The van der Waals surface area contributed by atoms with Crippen molar-refractivity contribution in [2.75, 3.05) is 23.7 Å². The molecule has 0 aromatic heterocycles. The summed E-state index contributed by atoms with van der Waals surface area (Å²) in [5.41, 5.74) is 7.41. The van der Waals surface area contributed by atoms with Crippen LogP contribution in [0.5, 0.6) is 0 Å². The van der Waals surface area contributed by atoms with Crippen molar-refractivity contribution in [1.29, 1.82) is 0 Å². The van der Waals surface area contributed by atoms with Crippen LogP contribution in [-0.4, -0.2) is 25.0 Å². The summed E-state index contributed by atoms with van der Waals surface area (Å²) in [6, 6.07) is 7.81. The molecular formula is C14H23N3O. The van der Waals surface area contributed by atoms with Gasteiger partial charge in [-0.3, -0.25) is 4.79 Å². The van der Waals surface area contributed by atoms with E-state index in [9.17, 15) is 4.79 Å². The predicted octanol–water partition coefficient (Wildman–Crippen LogP) is 2.01. The van der Waals surface area contributed by atoms with Gasteiger partial charge in [0.15, 0.2) is 0 Å². The second-order valence-electron chi connectivity index (χ2n) is 4.48. The van der Waals surface area contributed by atoms with Crippen molar-refractivity contribution in [1.82, 2.24) is 5.32 Å². The highest BCUT2D eigenvalue weighted by Gasteiger charge is 2.11. The predicted molar refractivity (Wildman–Crippen MR) is 76.6 cm³/mol. The second kappa shape index (κ2) is 6.89. The average molecular weight is 249 g/mol. The summed E-state index contributed by atoms with van der Waals surface area (Å²) in [6.45, 7) is 7.27. The number of nitrogen functional groups attached to an aromatic ring is 1. The van der Waals surface area contributed by atoms with Crippen LogP contribution in [0.3, 0.4) is 0 Å². The van der Waals surface area contributed by atoms with E-state index in [-0.39, 0.29) is 11.9 Å². The molecular weight excluding hydrogens is 226 g/mol. The molecule has 1 unspecified atom stereocenters. The Labute approximate surface area is 109 Å². The largest absolute Gasteiger partial charge is 0.399 e. The molecule has 1 rings (SSSR count). The van der Waals surface area contributed by atoms with Gasteiger partial charge in [0.05, 0.1) is 6.54 Å². The molecule has 0 saturated heterocycles. The van der Waals surface area contributed by atoms with E-state index in [1.54, 1.807) is 0 Å². The molecule has 1 amide bonds. The van der Waals surface area contributed by atoms with Gasteiger partial charge in [0.1, 0.15) is 0 Å². The van der Waals surface area contributed by atoms with Crippen molar-refractivity contribution in [2.45, 2.75) is 33.2 Å². The molecule has 0 heterocycles. The average Bonchev–Trinajstić information content (AvgIpc) is 2.37. The van der Waals surface area contributed by atoms with Gasteiger partial charge in [-0.1, -0.05) is 6.92 Å². The molecule has 4 heteroatoms. The van der Waals surface area contributed by atoms with Gasteiger partial charge >= 0.3 is 0 Å². The van der Waals surface area contributed by atoms with Crippen molar-refractivity contribution < 1.29 is 4.79 Å². The minimum atomic E-state index is 0.0584. The monoisotopic (exact) mass is 249 g/mol. The van der Waals surface area contributed by atoms with E-state index < -0.39 is 0 Å².